The van der Waals surface area contributed by atoms with Crippen LogP contribution < -0.4 is 0 Å². The fourth-order valence-corrected chi connectivity index (χ4v) is 2.78. The van der Waals surface area contributed by atoms with Gasteiger partial charge in [0.2, 0.25) is 0 Å². The Morgan fingerprint density at radius 3 is 2.47 bits per heavy atom. The van der Waals surface area contributed by atoms with Gasteiger partial charge < -0.3 is 9.84 Å². The second-order valence-corrected chi connectivity index (χ2v) is 6.09. The van der Waals surface area contributed by atoms with Gasteiger partial charge in [-0.2, -0.15) is 0 Å². The smallest absolute Gasteiger partial charge is 0.337 e. The van der Waals surface area contributed by atoms with Gasteiger partial charge in [-0.25, -0.2) is 4.79 Å². The molecule has 3 nitrogen and oxygen atoms in total. The second-order valence-electron chi connectivity index (χ2n) is 3.73. The molecule has 0 amide bonds. The number of methoxy groups -OCH3 is 1. The average molecular weight is 386 g/mol. The molecule has 0 saturated heterocycles. The van der Waals surface area contributed by atoms with Gasteiger partial charge in [0.15, 0.2) is 0 Å². The van der Waals surface area contributed by atoms with Crippen molar-refractivity contribution in [3.63, 3.8) is 0 Å². The molecule has 2 rings (SSSR count). The van der Waals surface area contributed by atoms with Gasteiger partial charge in [0.05, 0.1) is 17.6 Å². The molecule has 0 atom stereocenters. The van der Waals surface area contributed by atoms with Crippen molar-refractivity contribution in [2.45, 2.75) is 9.79 Å². The highest BCUT2D eigenvalue weighted by Crippen LogP contribution is 2.35. The van der Waals surface area contributed by atoms with Gasteiger partial charge in [0, 0.05) is 8.47 Å². The summed E-state index contributed by atoms with van der Waals surface area (Å²) in [7, 11) is 1.36. The monoisotopic (exact) mass is 386 g/mol. The zero-order valence-corrected chi connectivity index (χ0v) is 13.1. The van der Waals surface area contributed by atoms with Gasteiger partial charge in [-0.15, -0.1) is 0 Å². The van der Waals surface area contributed by atoms with E-state index in [0.717, 1.165) is 13.4 Å². The molecule has 0 aromatic heterocycles. The third kappa shape index (κ3) is 3.63. The molecular weight excluding hydrogens is 375 g/mol. The Morgan fingerprint density at radius 2 is 1.89 bits per heavy atom. The summed E-state index contributed by atoms with van der Waals surface area (Å²) in [6.07, 6.45) is 0. The van der Waals surface area contributed by atoms with Crippen LogP contribution in [0.4, 0.5) is 0 Å². The number of hydrogen-bond donors (Lipinski definition) is 1. The molecule has 0 heterocycles. The highest BCUT2D eigenvalue weighted by molar-refractivity contribution is 14.1. The quantitative estimate of drug-likeness (QED) is 0.642. The number of rotatable bonds is 3. The molecule has 0 spiro atoms. The van der Waals surface area contributed by atoms with E-state index in [-0.39, 0.29) is 11.7 Å². The minimum absolute atomic E-state index is 0.258. The van der Waals surface area contributed by atoms with Crippen LogP contribution >= 0.6 is 34.4 Å². The SMILES string of the molecule is COC(=O)c1ccc(Sc2ccc(I)cc2O)cc1. The van der Waals surface area contributed by atoms with Gasteiger partial charge in [-0.3, -0.25) is 0 Å². The van der Waals surface area contributed by atoms with Crippen molar-refractivity contribution in [1.82, 2.24) is 0 Å². The number of ether oxygens (including phenoxy) is 1. The number of esters is 1. The molecule has 0 aliphatic rings. The minimum atomic E-state index is -0.353. The van der Waals surface area contributed by atoms with E-state index in [0.29, 0.717) is 5.56 Å². The summed E-state index contributed by atoms with van der Waals surface area (Å²) < 4.78 is 5.63. The van der Waals surface area contributed by atoms with Gasteiger partial charge >= 0.3 is 5.97 Å². The van der Waals surface area contributed by atoms with E-state index in [1.165, 1.54) is 18.9 Å². The molecule has 1 N–H and O–H groups in total. The molecule has 19 heavy (non-hydrogen) atoms. The summed E-state index contributed by atoms with van der Waals surface area (Å²) in [4.78, 5) is 13.0. The number of carbonyl (C=O) groups is 1. The van der Waals surface area contributed by atoms with Crippen molar-refractivity contribution in [3.8, 4) is 5.75 Å². The van der Waals surface area contributed by atoms with Crippen LogP contribution in [0.15, 0.2) is 52.3 Å². The molecule has 2 aromatic carbocycles. The lowest BCUT2D eigenvalue weighted by molar-refractivity contribution is 0.0600. The Kier molecular flexibility index (Phi) is 4.71. The molecule has 5 heteroatoms. The summed E-state index contributed by atoms with van der Waals surface area (Å²) >= 11 is 3.59. The standard InChI is InChI=1S/C14H11IO3S/c1-18-14(17)9-2-5-11(6-3-9)19-13-7-4-10(15)8-12(13)16/h2-8,16H,1H3. The molecule has 0 bridgehead atoms. The normalized spacial score (nSPS) is 10.2. The molecule has 2 aromatic rings. The van der Waals surface area contributed by atoms with Crippen LogP contribution in [-0.2, 0) is 4.74 Å². The highest BCUT2D eigenvalue weighted by atomic mass is 127. The summed E-state index contributed by atoms with van der Waals surface area (Å²) in [5.41, 5.74) is 0.513. The first-order valence-corrected chi connectivity index (χ1v) is 7.34. The first-order chi connectivity index (χ1) is 9.10. The van der Waals surface area contributed by atoms with Gasteiger partial charge in [0.1, 0.15) is 5.75 Å². The predicted octanol–water partition coefficient (Wildman–Crippen LogP) is 3.93. The third-order valence-corrected chi connectivity index (χ3v) is 4.17. The maximum absolute atomic E-state index is 11.3. The molecular formula is C14H11IO3S. The lowest BCUT2D eigenvalue weighted by Crippen LogP contribution is -2.00. The van der Waals surface area contributed by atoms with Gasteiger partial charge in [0.25, 0.3) is 0 Å². The van der Waals surface area contributed by atoms with Crippen molar-refractivity contribution in [2.24, 2.45) is 0 Å². The third-order valence-electron chi connectivity index (χ3n) is 2.42. The number of hydrogen-bond acceptors (Lipinski definition) is 4. The van der Waals surface area contributed by atoms with Crippen LogP contribution in [0.25, 0.3) is 0 Å². The first kappa shape index (κ1) is 14.2. The van der Waals surface area contributed by atoms with Crippen LogP contribution in [0.5, 0.6) is 5.75 Å². The van der Waals surface area contributed by atoms with Crippen LogP contribution in [0.2, 0.25) is 0 Å². The number of benzene rings is 2. The maximum Gasteiger partial charge on any atom is 0.337 e. The Bertz CT molecular complexity index is 596. The molecule has 98 valence electrons. The predicted molar refractivity (Wildman–Crippen MR) is 82.7 cm³/mol. The number of phenols is 1. The summed E-state index contributed by atoms with van der Waals surface area (Å²) in [5, 5.41) is 9.83. The molecule has 0 unspecified atom stereocenters. The zero-order valence-electron chi connectivity index (χ0n) is 10.1. The van der Waals surface area contributed by atoms with Crippen molar-refractivity contribution in [1.29, 1.82) is 0 Å². The van der Waals surface area contributed by atoms with E-state index in [1.54, 1.807) is 18.2 Å². The number of aromatic hydroxyl groups is 1. The van der Waals surface area contributed by atoms with Crippen molar-refractivity contribution < 1.29 is 14.6 Å². The van der Waals surface area contributed by atoms with Crippen LogP contribution in [0.1, 0.15) is 10.4 Å². The molecule has 0 aliphatic carbocycles. The largest absolute Gasteiger partial charge is 0.507 e. The van der Waals surface area contributed by atoms with Crippen molar-refractivity contribution in [3.05, 3.63) is 51.6 Å². The zero-order chi connectivity index (χ0) is 13.8. The molecule has 0 saturated carbocycles. The van der Waals surface area contributed by atoms with Crippen molar-refractivity contribution >= 4 is 40.3 Å². The lowest BCUT2D eigenvalue weighted by Gasteiger charge is -2.05. The fraction of sp³-hybridized carbons (Fsp3) is 0.0714. The van der Waals surface area contributed by atoms with Crippen LogP contribution in [0, 0.1) is 3.57 Å². The second kappa shape index (κ2) is 6.29. The Morgan fingerprint density at radius 1 is 1.21 bits per heavy atom. The minimum Gasteiger partial charge on any atom is -0.507 e. The van der Waals surface area contributed by atoms with Crippen LogP contribution in [0.3, 0.4) is 0 Å². The van der Waals surface area contributed by atoms with E-state index in [4.69, 9.17) is 0 Å². The van der Waals surface area contributed by atoms with E-state index < -0.39 is 0 Å². The Labute approximate surface area is 129 Å². The maximum atomic E-state index is 11.3. The Hall–Kier alpha value is -1.21. The van der Waals surface area contributed by atoms with E-state index >= 15 is 0 Å². The number of phenolic OH excluding ortho intramolecular Hbond substituents is 1. The van der Waals surface area contributed by atoms with E-state index in [2.05, 4.69) is 27.3 Å². The van der Waals surface area contributed by atoms with Crippen molar-refractivity contribution in [2.75, 3.05) is 7.11 Å². The number of carbonyl (C=O) groups excluding carboxylic acids is 1. The van der Waals surface area contributed by atoms with Gasteiger partial charge in [-0.05, 0) is 65.1 Å². The fourth-order valence-electron chi connectivity index (χ4n) is 1.48. The summed E-state index contributed by atoms with van der Waals surface area (Å²) in [6.45, 7) is 0. The highest BCUT2D eigenvalue weighted by Gasteiger charge is 2.07. The first-order valence-electron chi connectivity index (χ1n) is 5.45. The molecule has 0 radical (unpaired) electrons. The molecule has 0 fully saturated rings. The lowest BCUT2D eigenvalue weighted by atomic mass is 10.2. The van der Waals surface area contributed by atoms with Gasteiger partial charge in [-0.1, -0.05) is 11.8 Å². The topological polar surface area (TPSA) is 46.5 Å². The summed E-state index contributed by atoms with van der Waals surface area (Å²) in [5.74, 6) is -0.0948. The average Bonchev–Trinajstić information content (AvgIpc) is 2.42. The summed E-state index contributed by atoms with van der Waals surface area (Å²) in [6, 6.07) is 12.6. The van der Waals surface area contributed by atoms with E-state index in [9.17, 15) is 9.90 Å². The van der Waals surface area contributed by atoms with Crippen LogP contribution in [-0.4, -0.2) is 18.2 Å². The molecule has 0 aliphatic heterocycles. The van der Waals surface area contributed by atoms with E-state index in [1.807, 2.05) is 24.3 Å². The number of halogens is 1. The Balaban J connectivity index is 2.17.